The number of hydrogen-bond acceptors (Lipinski definition) is 2. The summed E-state index contributed by atoms with van der Waals surface area (Å²) in [6.07, 6.45) is 3.75. The van der Waals surface area contributed by atoms with Gasteiger partial charge in [0.1, 0.15) is 0 Å². The highest BCUT2D eigenvalue weighted by Crippen LogP contribution is 2.17. The van der Waals surface area contributed by atoms with Crippen LogP contribution in [0.25, 0.3) is 0 Å². The summed E-state index contributed by atoms with van der Waals surface area (Å²) in [5.41, 5.74) is 1.87. The Balaban J connectivity index is 1.67. The molecule has 1 amide bonds. The molecule has 0 saturated carbocycles. The number of amides is 1. The molecule has 1 aliphatic rings. The van der Waals surface area contributed by atoms with Gasteiger partial charge >= 0.3 is 0 Å². The number of nitrogens with one attached hydrogen (secondary N) is 1. The van der Waals surface area contributed by atoms with Crippen LogP contribution >= 0.6 is 0 Å². The molecule has 1 aliphatic heterocycles. The zero-order chi connectivity index (χ0) is 16.9. The van der Waals surface area contributed by atoms with Gasteiger partial charge in [0.2, 0.25) is 0 Å². The van der Waals surface area contributed by atoms with E-state index in [2.05, 4.69) is 10.2 Å². The Kier molecular flexibility index (Phi) is 5.20. The van der Waals surface area contributed by atoms with Gasteiger partial charge in [-0.3, -0.25) is 9.69 Å². The molecule has 2 aromatic carbocycles. The molecule has 0 spiro atoms. The molecule has 0 bridgehead atoms. The maximum absolute atomic E-state index is 13.2. The van der Waals surface area contributed by atoms with E-state index < -0.39 is 17.5 Å². The highest BCUT2D eigenvalue weighted by molar-refractivity contribution is 6.04. The first-order chi connectivity index (χ1) is 11.6. The van der Waals surface area contributed by atoms with E-state index in [1.54, 1.807) is 6.07 Å². The molecule has 0 aliphatic carbocycles. The van der Waals surface area contributed by atoms with Gasteiger partial charge in [-0.1, -0.05) is 18.6 Å². The van der Waals surface area contributed by atoms with Crippen LogP contribution in [-0.2, 0) is 6.54 Å². The molecule has 3 nitrogen and oxygen atoms in total. The minimum Gasteiger partial charge on any atom is -0.322 e. The van der Waals surface area contributed by atoms with E-state index in [0.29, 0.717) is 5.69 Å². The lowest BCUT2D eigenvalue weighted by molar-refractivity contribution is 0.102. The number of halogens is 2. The number of carbonyl (C=O) groups excluding carboxylic acids is 1. The molecular weight excluding hydrogens is 310 g/mol. The summed E-state index contributed by atoms with van der Waals surface area (Å²) in [6.45, 7) is 3.06. The van der Waals surface area contributed by atoms with E-state index in [0.717, 1.165) is 37.3 Å². The van der Waals surface area contributed by atoms with Gasteiger partial charge in [0, 0.05) is 17.8 Å². The largest absolute Gasteiger partial charge is 0.322 e. The molecule has 0 unspecified atom stereocenters. The van der Waals surface area contributed by atoms with E-state index in [1.807, 2.05) is 18.2 Å². The van der Waals surface area contributed by atoms with Crippen LogP contribution in [0.15, 0.2) is 42.5 Å². The van der Waals surface area contributed by atoms with Gasteiger partial charge in [-0.25, -0.2) is 8.78 Å². The molecule has 1 saturated heterocycles. The topological polar surface area (TPSA) is 32.3 Å². The van der Waals surface area contributed by atoms with E-state index in [4.69, 9.17) is 0 Å². The summed E-state index contributed by atoms with van der Waals surface area (Å²) in [5.74, 6) is -2.44. The smallest absolute Gasteiger partial charge is 0.255 e. The summed E-state index contributed by atoms with van der Waals surface area (Å²) in [7, 11) is 0. The maximum Gasteiger partial charge on any atom is 0.255 e. The van der Waals surface area contributed by atoms with Crippen molar-refractivity contribution in [2.75, 3.05) is 18.4 Å². The standard InChI is InChI=1S/C19H20F2N2O/c20-17-8-7-15(12-18(17)21)19(24)22-16-6-4-5-14(11-16)13-23-9-2-1-3-10-23/h4-8,11-12H,1-3,9-10,13H2,(H,22,24). The van der Waals surface area contributed by atoms with E-state index >= 15 is 0 Å². The van der Waals surface area contributed by atoms with E-state index in [-0.39, 0.29) is 5.56 Å². The van der Waals surface area contributed by atoms with Gasteiger partial charge in [-0.15, -0.1) is 0 Å². The first kappa shape index (κ1) is 16.6. The molecule has 1 N–H and O–H groups in total. The molecule has 24 heavy (non-hydrogen) atoms. The van der Waals surface area contributed by atoms with Gasteiger partial charge in [-0.2, -0.15) is 0 Å². The SMILES string of the molecule is O=C(Nc1cccc(CN2CCCCC2)c1)c1ccc(F)c(F)c1. The zero-order valence-corrected chi connectivity index (χ0v) is 13.4. The van der Waals surface area contributed by atoms with E-state index in [9.17, 15) is 13.6 Å². The Bertz CT molecular complexity index is 727. The summed E-state index contributed by atoms with van der Waals surface area (Å²) in [4.78, 5) is 14.6. The van der Waals surface area contributed by atoms with Crippen LogP contribution in [0.4, 0.5) is 14.5 Å². The van der Waals surface area contributed by atoms with Gasteiger partial charge < -0.3 is 5.32 Å². The Labute approximate surface area is 140 Å². The Morgan fingerprint density at radius 1 is 1.00 bits per heavy atom. The summed E-state index contributed by atoms with van der Waals surface area (Å²) >= 11 is 0. The lowest BCUT2D eigenvalue weighted by Gasteiger charge is -2.26. The normalized spacial score (nSPS) is 15.2. The minimum absolute atomic E-state index is 0.0929. The quantitative estimate of drug-likeness (QED) is 0.911. The van der Waals surface area contributed by atoms with Crippen molar-refractivity contribution in [1.82, 2.24) is 4.90 Å². The lowest BCUT2D eigenvalue weighted by Crippen LogP contribution is -2.29. The fraction of sp³-hybridized carbons (Fsp3) is 0.316. The fourth-order valence-corrected chi connectivity index (χ4v) is 2.96. The summed E-state index contributed by atoms with van der Waals surface area (Å²) in [6, 6.07) is 10.8. The Morgan fingerprint density at radius 3 is 2.54 bits per heavy atom. The summed E-state index contributed by atoms with van der Waals surface area (Å²) < 4.78 is 26.2. The molecule has 1 heterocycles. The molecular formula is C19H20F2N2O. The number of hydrogen-bond donors (Lipinski definition) is 1. The van der Waals surface area contributed by atoms with Crippen LogP contribution in [0.5, 0.6) is 0 Å². The minimum atomic E-state index is -1.03. The van der Waals surface area contributed by atoms with Crippen molar-refractivity contribution in [3.05, 3.63) is 65.2 Å². The molecule has 2 aromatic rings. The maximum atomic E-state index is 13.2. The molecule has 0 aromatic heterocycles. The third-order valence-electron chi connectivity index (χ3n) is 4.22. The third kappa shape index (κ3) is 4.17. The third-order valence-corrected chi connectivity index (χ3v) is 4.22. The van der Waals surface area contributed by atoms with Crippen LogP contribution in [0.1, 0.15) is 35.2 Å². The number of likely N-dealkylation sites (tertiary alicyclic amines) is 1. The average Bonchev–Trinajstić information content (AvgIpc) is 2.58. The van der Waals surface area contributed by atoms with Crippen molar-refractivity contribution < 1.29 is 13.6 Å². The number of carbonyl (C=O) groups is 1. The van der Waals surface area contributed by atoms with Crippen molar-refractivity contribution in [3.63, 3.8) is 0 Å². The molecule has 3 rings (SSSR count). The highest BCUT2D eigenvalue weighted by atomic mass is 19.2. The van der Waals surface area contributed by atoms with Crippen molar-refractivity contribution in [1.29, 1.82) is 0 Å². The number of rotatable bonds is 4. The van der Waals surface area contributed by atoms with Gasteiger partial charge in [-0.05, 0) is 61.8 Å². The number of anilines is 1. The molecule has 0 radical (unpaired) electrons. The lowest BCUT2D eigenvalue weighted by atomic mass is 10.1. The highest BCUT2D eigenvalue weighted by Gasteiger charge is 2.12. The van der Waals surface area contributed by atoms with Gasteiger partial charge in [0.25, 0.3) is 5.91 Å². The van der Waals surface area contributed by atoms with Crippen LogP contribution in [0, 0.1) is 11.6 Å². The van der Waals surface area contributed by atoms with Crippen molar-refractivity contribution in [3.8, 4) is 0 Å². The van der Waals surface area contributed by atoms with Gasteiger partial charge in [0.05, 0.1) is 0 Å². The number of benzene rings is 2. The first-order valence-corrected chi connectivity index (χ1v) is 8.19. The number of nitrogens with zero attached hydrogens (tertiary/aromatic N) is 1. The second kappa shape index (κ2) is 7.53. The van der Waals surface area contributed by atoms with Crippen molar-refractivity contribution in [2.24, 2.45) is 0 Å². The van der Waals surface area contributed by atoms with E-state index in [1.165, 1.54) is 25.3 Å². The Hall–Kier alpha value is -2.27. The molecule has 0 atom stereocenters. The van der Waals surface area contributed by atoms with Crippen molar-refractivity contribution >= 4 is 11.6 Å². The van der Waals surface area contributed by atoms with Crippen LogP contribution in [-0.4, -0.2) is 23.9 Å². The fourth-order valence-electron chi connectivity index (χ4n) is 2.96. The monoisotopic (exact) mass is 330 g/mol. The van der Waals surface area contributed by atoms with Crippen LogP contribution < -0.4 is 5.32 Å². The van der Waals surface area contributed by atoms with Crippen molar-refractivity contribution in [2.45, 2.75) is 25.8 Å². The predicted molar refractivity (Wildman–Crippen MR) is 89.9 cm³/mol. The second-order valence-electron chi connectivity index (χ2n) is 6.12. The van der Waals surface area contributed by atoms with Gasteiger partial charge in [0.15, 0.2) is 11.6 Å². The first-order valence-electron chi connectivity index (χ1n) is 8.19. The molecule has 126 valence electrons. The van der Waals surface area contributed by atoms with Crippen LogP contribution in [0.2, 0.25) is 0 Å². The zero-order valence-electron chi connectivity index (χ0n) is 13.4. The Morgan fingerprint density at radius 2 is 1.79 bits per heavy atom. The number of piperidine rings is 1. The molecule has 5 heteroatoms. The second-order valence-corrected chi connectivity index (χ2v) is 6.12. The predicted octanol–water partition coefficient (Wildman–Crippen LogP) is 4.20. The average molecular weight is 330 g/mol. The summed E-state index contributed by atoms with van der Waals surface area (Å²) in [5, 5.41) is 2.74. The molecule has 1 fully saturated rings. The van der Waals surface area contributed by atoms with Crippen LogP contribution in [0.3, 0.4) is 0 Å².